The normalized spacial score (nSPS) is 10.9. The van der Waals surface area contributed by atoms with E-state index in [0.29, 0.717) is 38.4 Å². The average molecular weight is 467 g/mol. The van der Waals surface area contributed by atoms with Gasteiger partial charge in [-0.25, -0.2) is 0 Å². The number of halogens is 2. The summed E-state index contributed by atoms with van der Waals surface area (Å²) in [5.74, 6) is 0.475. The second kappa shape index (κ2) is 10.7. The van der Waals surface area contributed by atoms with Crippen molar-refractivity contribution in [3.63, 3.8) is 0 Å². The Bertz CT molecular complexity index is 1220. The van der Waals surface area contributed by atoms with Crippen LogP contribution in [0.1, 0.15) is 16.7 Å². The van der Waals surface area contributed by atoms with Gasteiger partial charge in [0.1, 0.15) is 29.7 Å². The first-order valence-corrected chi connectivity index (χ1v) is 10.4. The van der Waals surface area contributed by atoms with Crippen LogP contribution >= 0.6 is 23.2 Å². The first-order valence-electron chi connectivity index (χ1n) is 9.65. The number of hydrogen-bond acceptors (Lipinski definition) is 4. The fourth-order valence-electron chi connectivity index (χ4n) is 2.89. The summed E-state index contributed by atoms with van der Waals surface area (Å²) in [6.45, 7) is 2.00. The molecular formula is C25H20Cl2N2O3. The predicted octanol–water partition coefficient (Wildman–Crippen LogP) is 6.44. The molecule has 0 saturated heterocycles. The quantitative estimate of drug-likeness (QED) is 0.321. The van der Waals surface area contributed by atoms with Gasteiger partial charge in [-0.3, -0.25) is 4.79 Å². The Balaban J connectivity index is 1.89. The van der Waals surface area contributed by atoms with Gasteiger partial charge in [0.15, 0.2) is 0 Å². The molecule has 5 nitrogen and oxygen atoms in total. The highest BCUT2D eigenvalue weighted by molar-refractivity contribution is 6.32. The molecule has 32 heavy (non-hydrogen) atoms. The molecule has 0 aliphatic heterocycles. The number of methoxy groups -OCH3 is 1. The molecule has 0 spiro atoms. The molecule has 0 aliphatic carbocycles. The van der Waals surface area contributed by atoms with E-state index >= 15 is 0 Å². The molecule has 1 amide bonds. The third-order valence-electron chi connectivity index (χ3n) is 4.74. The lowest BCUT2D eigenvalue weighted by atomic mass is 10.1. The van der Waals surface area contributed by atoms with Crippen molar-refractivity contribution in [2.75, 3.05) is 12.4 Å². The number of nitrogens with zero attached hydrogens (tertiary/aromatic N) is 1. The smallest absolute Gasteiger partial charge is 0.266 e. The molecule has 0 unspecified atom stereocenters. The Morgan fingerprint density at radius 3 is 2.56 bits per heavy atom. The van der Waals surface area contributed by atoms with E-state index in [2.05, 4.69) is 5.32 Å². The molecule has 0 aromatic heterocycles. The summed E-state index contributed by atoms with van der Waals surface area (Å²) in [5, 5.41) is 13.4. The van der Waals surface area contributed by atoms with Crippen LogP contribution in [0, 0.1) is 18.3 Å². The molecule has 162 valence electrons. The third kappa shape index (κ3) is 5.61. The van der Waals surface area contributed by atoms with E-state index in [-0.39, 0.29) is 12.2 Å². The highest BCUT2D eigenvalue weighted by Gasteiger charge is 2.14. The summed E-state index contributed by atoms with van der Waals surface area (Å²) >= 11 is 12.3. The maximum Gasteiger partial charge on any atom is 0.266 e. The Morgan fingerprint density at radius 2 is 1.84 bits per heavy atom. The number of rotatable bonds is 7. The number of carbonyl (C=O) groups excluding carboxylic acids is 1. The number of nitriles is 1. The monoisotopic (exact) mass is 466 g/mol. The number of benzene rings is 3. The van der Waals surface area contributed by atoms with E-state index in [9.17, 15) is 10.1 Å². The standard InChI is InChI=1S/C25H20Cl2N2O3/c1-16-21(26)8-5-9-23(16)29-25(30)19(14-28)12-17-10-11-20(31-2)13-24(17)32-15-18-6-3-4-7-22(18)27/h3-13H,15H2,1-2H3,(H,29,30)/b19-12+. The molecule has 0 aliphatic rings. The van der Waals surface area contributed by atoms with Gasteiger partial charge in [0.25, 0.3) is 5.91 Å². The van der Waals surface area contributed by atoms with E-state index in [4.69, 9.17) is 32.7 Å². The molecule has 0 saturated carbocycles. The van der Waals surface area contributed by atoms with Crippen LogP contribution in [0.3, 0.4) is 0 Å². The number of amides is 1. The Hall–Kier alpha value is -3.46. The second-order valence-corrected chi connectivity index (χ2v) is 7.63. The third-order valence-corrected chi connectivity index (χ3v) is 5.52. The van der Waals surface area contributed by atoms with Gasteiger partial charge in [-0.05, 0) is 48.9 Å². The number of nitrogens with one attached hydrogen (secondary N) is 1. The van der Waals surface area contributed by atoms with Gasteiger partial charge in [-0.1, -0.05) is 47.5 Å². The number of carbonyl (C=O) groups is 1. The van der Waals surface area contributed by atoms with Crippen molar-refractivity contribution >= 4 is 40.9 Å². The number of ether oxygens (including phenoxy) is 2. The average Bonchev–Trinajstić information content (AvgIpc) is 2.80. The van der Waals surface area contributed by atoms with Crippen molar-refractivity contribution in [3.05, 3.63) is 93.0 Å². The van der Waals surface area contributed by atoms with Gasteiger partial charge < -0.3 is 14.8 Å². The summed E-state index contributed by atoms with van der Waals surface area (Å²) in [6, 6.07) is 19.6. The highest BCUT2D eigenvalue weighted by atomic mass is 35.5. The van der Waals surface area contributed by atoms with E-state index in [1.807, 2.05) is 24.3 Å². The van der Waals surface area contributed by atoms with Crippen LogP contribution in [0.15, 0.2) is 66.2 Å². The molecule has 3 rings (SSSR count). The minimum atomic E-state index is -0.550. The molecule has 0 heterocycles. The van der Waals surface area contributed by atoms with Gasteiger partial charge >= 0.3 is 0 Å². The highest BCUT2D eigenvalue weighted by Crippen LogP contribution is 2.29. The Labute approximate surface area is 196 Å². The first-order chi connectivity index (χ1) is 15.4. The molecule has 0 fully saturated rings. The molecule has 3 aromatic carbocycles. The lowest BCUT2D eigenvalue weighted by Crippen LogP contribution is -2.14. The van der Waals surface area contributed by atoms with E-state index < -0.39 is 5.91 Å². The lowest BCUT2D eigenvalue weighted by molar-refractivity contribution is -0.112. The summed E-state index contributed by atoms with van der Waals surface area (Å²) in [5.41, 5.74) is 2.52. The Kier molecular flexibility index (Phi) is 7.77. The minimum absolute atomic E-state index is 0.0860. The van der Waals surface area contributed by atoms with Crippen LogP contribution in [0.4, 0.5) is 5.69 Å². The first kappa shape index (κ1) is 23.2. The van der Waals surface area contributed by atoms with Crippen molar-refractivity contribution in [2.45, 2.75) is 13.5 Å². The van der Waals surface area contributed by atoms with Crippen molar-refractivity contribution in [3.8, 4) is 17.6 Å². The van der Waals surface area contributed by atoms with E-state index in [0.717, 1.165) is 5.56 Å². The molecule has 0 atom stereocenters. The van der Waals surface area contributed by atoms with Crippen LogP contribution in [-0.2, 0) is 11.4 Å². The van der Waals surface area contributed by atoms with Crippen LogP contribution < -0.4 is 14.8 Å². The predicted molar refractivity (Wildman–Crippen MR) is 127 cm³/mol. The molecule has 7 heteroatoms. The van der Waals surface area contributed by atoms with Gasteiger partial charge in [0, 0.05) is 32.9 Å². The maximum atomic E-state index is 12.7. The fourth-order valence-corrected chi connectivity index (χ4v) is 3.26. The van der Waals surface area contributed by atoms with Gasteiger partial charge in [-0.15, -0.1) is 0 Å². The van der Waals surface area contributed by atoms with Crippen LogP contribution in [0.25, 0.3) is 6.08 Å². The van der Waals surface area contributed by atoms with E-state index in [1.54, 1.807) is 56.5 Å². The second-order valence-electron chi connectivity index (χ2n) is 6.82. The maximum absolute atomic E-state index is 12.7. The number of anilines is 1. The van der Waals surface area contributed by atoms with Crippen molar-refractivity contribution in [1.82, 2.24) is 0 Å². The summed E-state index contributed by atoms with van der Waals surface area (Å²) in [6.07, 6.45) is 1.47. The summed E-state index contributed by atoms with van der Waals surface area (Å²) < 4.78 is 11.2. The fraction of sp³-hybridized carbons (Fsp3) is 0.120. The number of hydrogen-bond donors (Lipinski definition) is 1. The van der Waals surface area contributed by atoms with Crippen molar-refractivity contribution in [1.29, 1.82) is 5.26 Å². The van der Waals surface area contributed by atoms with Crippen molar-refractivity contribution < 1.29 is 14.3 Å². The molecule has 1 N–H and O–H groups in total. The summed E-state index contributed by atoms with van der Waals surface area (Å²) in [4.78, 5) is 12.7. The van der Waals surface area contributed by atoms with Crippen LogP contribution in [0.5, 0.6) is 11.5 Å². The van der Waals surface area contributed by atoms with Crippen molar-refractivity contribution in [2.24, 2.45) is 0 Å². The van der Waals surface area contributed by atoms with Gasteiger partial charge in [0.2, 0.25) is 0 Å². The summed E-state index contributed by atoms with van der Waals surface area (Å²) in [7, 11) is 1.55. The zero-order valence-corrected chi connectivity index (χ0v) is 19.0. The molecule has 0 bridgehead atoms. The zero-order chi connectivity index (χ0) is 23.1. The SMILES string of the molecule is COc1ccc(/C=C(\C#N)C(=O)Nc2cccc(Cl)c2C)c(OCc2ccccc2Cl)c1. The lowest BCUT2D eigenvalue weighted by Gasteiger charge is -2.13. The van der Waals surface area contributed by atoms with Gasteiger partial charge in [0.05, 0.1) is 7.11 Å². The Morgan fingerprint density at radius 1 is 1.09 bits per heavy atom. The van der Waals surface area contributed by atoms with E-state index in [1.165, 1.54) is 6.08 Å². The largest absolute Gasteiger partial charge is 0.497 e. The molecular weight excluding hydrogens is 447 g/mol. The minimum Gasteiger partial charge on any atom is -0.497 e. The van der Waals surface area contributed by atoms with Crippen LogP contribution in [0.2, 0.25) is 10.0 Å². The van der Waals surface area contributed by atoms with Crippen LogP contribution in [-0.4, -0.2) is 13.0 Å². The molecule has 0 radical (unpaired) electrons. The zero-order valence-electron chi connectivity index (χ0n) is 17.5. The van der Waals surface area contributed by atoms with Gasteiger partial charge in [-0.2, -0.15) is 5.26 Å². The topological polar surface area (TPSA) is 71.3 Å². The molecule has 3 aromatic rings.